The van der Waals surface area contributed by atoms with Gasteiger partial charge < -0.3 is 16.0 Å². The molecule has 1 rings (SSSR count). The Morgan fingerprint density at radius 2 is 2.15 bits per heavy atom. The molecule has 1 heterocycles. The number of carbonyl (C=O) groups excluding carboxylic acids is 1. The third kappa shape index (κ3) is 4.24. The number of piperidine rings is 1. The maximum absolute atomic E-state index is 10.5. The molecule has 4 nitrogen and oxygen atoms in total. The third-order valence-electron chi connectivity index (χ3n) is 2.52. The largest absolute Gasteiger partial charge is 0.370 e. The Morgan fingerprint density at radius 1 is 1.54 bits per heavy atom. The Balaban J connectivity index is 2.05. The van der Waals surface area contributed by atoms with Crippen LogP contribution in [0.25, 0.3) is 0 Å². The van der Waals surface area contributed by atoms with Crippen LogP contribution in [0.2, 0.25) is 0 Å². The molecule has 0 bridgehead atoms. The van der Waals surface area contributed by atoms with E-state index in [1.807, 2.05) is 0 Å². The number of hydrogen-bond donors (Lipinski definition) is 2. The number of carbonyl (C=O) groups is 1. The predicted octanol–water partition coefficient (Wildman–Crippen LogP) is -0.454. The second-order valence-corrected chi connectivity index (χ2v) is 3.75. The van der Waals surface area contributed by atoms with Crippen molar-refractivity contribution in [3.8, 4) is 0 Å². The molecule has 3 N–H and O–H groups in total. The lowest BCUT2D eigenvalue weighted by atomic mass is 10.1. The molecule has 0 spiro atoms. The van der Waals surface area contributed by atoms with Gasteiger partial charge in [-0.15, -0.1) is 0 Å². The first-order valence-corrected chi connectivity index (χ1v) is 4.88. The van der Waals surface area contributed by atoms with E-state index in [1.54, 1.807) is 0 Å². The van der Waals surface area contributed by atoms with Crippen molar-refractivity contribution in [2.75, 3.05) is 26.7 Å². The van der Waals surface area contributed by atoms with Gasteiger partial charge in [-0.1, -0.05) is 0 Å². The van der Waals surface area contributed by atoms with Crippen LogP contribution < -0.4 is 11.1 Å². The summed E-state index contributed by atoms with van der Waals surface area (Å²) in [4.78, 5) is 12.8. The molecule has 0 aliphatic carbocycles. The molecule has 1 amide bonds. The minimum absolute atomic E-state index is 0.222. The van der Waals surface area contributed by atoms with E-state index in [4.69, 9.17) is 5.73 Å². The van der Waals surface area contributed by atoms with E-state index in [9.17, 15) is 4.79 Å². The number of likely N-dealkylation sites (tertiary alicyclic amines) is 1. The molecule has 76 valence electrons. The van der Waals surface area contributed by atoms with Gasteiger partial charge in [-0.2, -0.15) is 0 Å². The monoisotopic (exact) mass is 185 g/mol. The highest BCUT2D eigenvalue weighted by molar-refractivity contribution is 5.73. The number of primary amides is 1. The molecular formula is C9H19N3O. The summed E-state index contributed by atoms with van der Waals surface area (Å²) in [6.45, 7) is 3.02. The van der Waals surface area contributed by atoms with Gasteiger partial charge >= 0.3 is 0 Å². The van der Waals surface area contributed by atoms with Gasteiger partial charge in [-0.3, -0.25) is 4.79 Å². The van der Waals surface area contributed by atoms with Crippen LogP contribution in [0.15, 0.2) is 0 Å². The number of nitrogens with two attached hydrogens (primary N) is 1. The summed E-state index contributed by atoms with van der Waals surface area (Å²) in [5.41, 5.74) is 5.04. The summed E-state index contributed by atoms with van der Waals surface area (Å²) in [7, 11) is 2.14. The Kier molecular flexibility index (Phi) is 4.18. The zero-order chi connectivity index (χ0) is 9.68. The number of nitrogens with one attached hydrogen (secondary N) is 1. The van der Waals surface area contributed by atoms with E-state index in [1.165, 1.54) is 12.8 Å². The Hall–Kier alpha value is -0.610. The van der Waals surface area contributed by atoms with E-state index >= 15 is 0 Å². The maximum atomic E-state index is 10.5. The van der Waals surface area contributed by atoms with E-state index in [2.05, 4.69) is 17.3 Å². The molecule has 0 saturated carbocycles. The third-order valence-corrected chi connectivity index (χ3v) is 2.52. The second-order valence-electron chi connectivity index (χ2n) is 3.75. The lowest BCUT2D eigenvalue weighted by Gasteiger charge is -2.29. The molecule has 1 fully saturated rings. The predicted molar refractivity (Wildman–Crippen MR) is 52.3 cm³/mol. The first kappa shape index (κ1) is 10.5. The first-order chi connectivity index (χ1) is 6.18. The van der Waals surface area contributed by atoms with Gasteiger partial charge in [0.05, 0.1) is 0 Å². The molecule has 1 saturated heterocycles. The molecule has 13 heavy (non-hydrogen) atoms. The van der Waals surface area contributed by atoms with Gasteiger partial charge in [0.15, 0.2) is 0 Å². The minimum Gasteiger partial charge on any atom is -0.370 e. The average Bonchev–Trinajstić information content (AvgIpc) is 2.08. The van der Waals surface area contributed by atoms with Crippen molar-refractivity contribution in [2.45, 2.75) is 25.3 Å². The van der Waals surface area contributed by atoms with Gasteiger partial charge in [-0.05, 0) is 33.0 Å². The van der Waals surface area contributed by atoms with Gasteiger partial charge in [-0.25, -0.2) is 0 Å². The van der Waals surface area contributed by atoms with Crippen LogP contribution in [0.3, 0.4) is 0 Å². The lowest BCUT2D eigenvalue weighted by Crippen LogP contribution is -2.41. The fourth-order valence-electron chi connectivity index (χ4n) is 1.61. The van der Waals surface area contributed by atoms with Gasteiger partial charge in [0, 0.05) is 19.0 Å². The minimum atomic E-state index is -0.222. The van der Waals surface area contributed by atoms with Crippen LogP contribution in [-0.2, 0) is 4.79 Å². The van der Waals surface area contributed by atoms with Gasteiger partial charge in [0.2, 0.25) is 5.91 Å². The summed E-state index contributed by atoms with van der Waals surface area (Å²) in [6, 6.07) is 0.579. The topological polar surface area (TPSA) is 58.4 Å². The highest BCUT2D eigenvalue weighted by Gasteiger charge is 2.15. The van der Waals surface area contributed by atoms with Crippen molar-refractivity contribution in [1.29, 1.82) is 0 Å². The quantitative estimate of drug-likeness (QED) is 0.623. The van der Waals surface area contributed by atoms with Crippen LogP contribution in [-0.4, -0.2) is 43.5 Å². The van der Waals surface area contributed by atoms with Crippen molar-refractivity contribution in [2.24, 2.45) is 5.73 Å². The number of nitrogens with zero attached hydrogens (tertiary/aromatic N) is 1. The van der Waals surface area contributed by atoms with Crippen LogP contribution in [0.1, 0.15) is 19.3 Å². The van der Waals surface area contributed by atoms with E-state index in [0.717, 1.165) is 19.6 Å². The summed E-state index contributed by atoms with van der Waals surface area (Å²) >= 11 is 0. The molecule has 0 unspecified atom stereocenters. The molecule has 4 heteroatoms. The summed E-state index contributed by atoms with van der Waals surface area (Å²) in [5.74, 6) is -0.222. The molecule has 0 aromatic heterocycles. The van der Waals surface area contributed by atoms with E-state index < -0.39 is 0 Å². The molecule has 0 aromatic rings. The standard InChI is InChI=1S/C9H19N3O/c1-12-6-3-8(4-7-12)11-5-2-9(10)13/h8,11H,2-7H2,1H3,(H2,10,13). The molecule has 1 aliphatic heterocycles. The second kappa shape index (κ2) is 5.19. The molecular weight excluding hydrogens is 166 g/mol. The van der Waals surface area contributed by atoms with Crippen molar-refractivity contribution in [1.82, 2.24) is 10.2 Å². The Morgan fingerprint density at radius 3 is 2.69 bits per heavy atom. The van der Waals surface area contributed by atoms with Gasteiger partial charge in [0.1, 0.15) is 0 Å². The highest BCUT2D eigenvalue weighted by atomic mass is 16.1. The zero-order valence-corrected chi connectivity index (χ0v) is 8.25. The smallest absolute Gasteiger partial charge is 0.218 e. The van der Waals surface area contributed by atoms with Gasteiger partial charge in [0.25, 0.3) is 0 Å². The van der Waals surface area contributed by atoms with Crippen LogP contribution in [0, 0.1) is 0 Å². The first-order valence-electron chi connectivity index (χ1n) is 4.88. The lowest BCUT2D eigenvalue weighted by molar-refractivity contribution is -0.117. The van der Waals surface area contributed by atoms with Crippen LogP contribution in [0.5, 0.6) is 0 Å². The molecule has 0 aromatic carbocycles. The number of hydrogen-bond acceptors (Lipinski definition) is 3. The normalized spacial score (nSPS) is 20.4. The summed E-state index contributed by atoms with van der Waals surface area (Å²) in [6.07, 6.45) is 2.80. The van der Waals surface area contributed by atoms with Crippen LogP contribution >= 0.6 is 0 Å². The van der Waals surface area contributed by atoms with E-state index in [0.29, 0.717) is 12.5 Å². The fraction of sp³-hybridized carbons (Fsp3) is 0.889. The Labute approximate surface area is 79.5 Å². The summed E-state index contributed by atoms with van der Waals surface area (Å²) in [5, 5.41) is 3.35. The Bertz CT molecular complexity index is 164. The van der Waals surface area contributed by atoms with Crippen molar-refractivity contribution in [3.05, 3.63) is 0 Å². The fourth-order valence-corrected chi connectivity index (χ4v) is 1.61. The van der Waals surface area contributed by atoms with Crippen molar-refractivity contribution in [3.63, 3.8) is 0 Å². The highest BCUT2D eigenvalue weighted by Crippen LogP contribution is 2.07. The van der Waals surface area contributed by atoms with Crippen molar-refractivity contribution < 1.29 is 4.79 Å². The zero-order valence-electron chi connectivity index (χ0n) is 8.25. The summed E-state index contributed by atoms with van der Waals surface area (Å²) < 4.78 is 0. The number of rotatable bonds is 4. The average molecular weight is 185 g/mol. The maximum Gasteiger partial charge on any atom is 0.218 e. The number of amides is 1. The molecule has 0 radical (unpaired) electrons. The van der Waals surface area contributed by atoms with Crippen molar-refractivity contribution >= 4 is 5.91 Å². The van der Waals surface area contributed by atoms with E-state index in [-0.39, 0.29) is 5.91 Å². The van der Waals surface area contributed by atoms with Crippen LogP contribution in [0.4, 0.5) is 0 Å². The molecule has 1 aliphatic rings. The molecule has 0 atom stereocenters. The SMILES string of the molecule is CN1CCC(NCCC(N)=O)CC1.